The summed E-state index contributed by atoms with van der Waals surface area (Å²) in [5.74, 6) is 0.129. The minimum Gasteiger partial charge on any atom is -0.399 e. The van der Waals surface area contributed by atoms with E-state index < -0.39 is 0 Å². The van der Waals surface area contributed by atoms with Crippen molar-refractivity contribution in [2.75, 3.05) is 12.8 Å². The summed E-state index contributed by atoms with van der Waals surface area (Å²) in [6.45, 7) is 4.16. The first-order valence-electron chi connectivity index (χ1n) is 7.61. The SMILES string of the molecule is Cc1ccc(CC(C)N(C)C(=O)Cc2ccc(N)cc2)cc1.Cl. The summed E-state index contributed by atoms with van der Waals surface area (Å²) in [4.78, 5) is 14.2. The monoisotopic (exact) mass is 332 g/mol. The summed E-state index contributed by atoms with van der Waals surface area (Å²) in [6, 6.07) is 16.1. The molecule has 23 heavy (non-hydrogen) atoms. The highest BCUT2D eigenvalue weighted by molar-refractivity contribution is 5.85. The Morgan fingerprint density at radius 2 is 1.57 bits per heavy atom. The number of amides is 1. The van der Waals surface area contributed by atoms with Gasteiger partial charge < -0.3 is 10.6 Å². The third-order valence-electron chi connectivity index (χ3n) is 4.04. The molecule has 1 unspecified atom stereocenters. The molecule has 0 aliphatic carbocycles. The third-order valence-corrected chi connectivity index (χ3v) is 4.04. The number of hydrogen-bond donors (Lipinski definition) is 1. The van der Waals surface area contributed by atoms with E-state index in [-0.39, 0.29) is 24.4 Å². The number of hydrogen-bond acceptors (Lipinski definition) is 2. The van der Waals surface area contributed by atoms with Gasteiger partial charge in [0.05, 0.1) is 6.42 Å². The first-order valence-corrected chi connectivity index (χ1v) is 7.61. The van der Waals surface area contributed by atoms with E-state index in [4.69, 9.17) is 5.73 Å². The van der Waals surface area contributed by atoms with Gasteiger partial charge in [0.2, 0.25) is 5.91 Å². The predicted molar refractivity (Wildman–Crippen MR) is 98.9 cm³/mol. The van der Waals surface area contributed by atoms with E-state index in [1.165, 1.54) is 11.1 Å². The number of benzene rings is 2. The van der Waals surface area contributed by atoms with E-state index in [2.05, 4.69) is 38.1 Å². The van der Waals surface area contributed by atoms with Gasteiger partial charge in [0, 0.05) is 18.8 Å². The first kappa shape index (κ1) is 19.0. The number of nitrogens with two attached hydrogens (primary N) is 1. The van der Waals surface area contributed by atoms with Crippen LogP contribution in [0.25, 0.3) is 0 Å². The van der Waals surface area contributed by atoms with Gasteiger partial charge in [-0.3, -0.25) is 4.79 Å². The molecule has 2 rings (SSSR count). The summed E-state index contributed by atoms with van der Waals surface area (Å²) in [6.07, 6.45) is 1.28. The lowest BCUT2D eigenvalue weighted by Crippen LogP contribution is -2.37. The molecule has 0 fully saturated rings. The highest BCUT2D eigenvalue weighted by Crippen LogP contribution is 2.12. The molecule has 2 aromatic carbocycles. The number of likely N-dealkylation sites (N-methyl/N-ethyl adjacent to an activating group) is 1. The Kier molecular flexibility index (Phi) is 7.11. The molecule has 4 heteroatoms. The largest absolute Gasteiger partial charge is 0.399 e. The van der Waals surface area contributed by atoms with Crippen LogP contribution in [-0.2, 0) is 17.6 Å². The number of rotatable bonds is 5. The summed E-state index contributed by atoms with van der Waals surface area (Å²) in [5.41, 5.74) is 9.89. The molecule has 0 bridgehead atoms. The van der Waals surface area contributed by atoms with Crippen LogP contribution in [-0.4, -0.2) is 23.9 Å². The Hall–Kier alpha value is -2.00. The molecule has 2 aromatic rings. The molecule has 0 saturated carbocycles. The Morgan fingerprint density at radius 1 is 1.04 bits per heavy atom. The number of aryl methyl sites for hydroxylation is 1. The van der Waals surface area contributed by atoms with Crippen molar-refractivity contribution in [3.63, 3.8) is 0 Å². The van der Waals surface area contributed by atoms with Gasteiger partial charge >= 0.3 is 0 Å². The number of nitrogens with zero attached hydrogens (tertiary/aromatic N) is 1. The highest BCUT2D eigenvalue weighted by atomic mass is 35.5. The fourth-order valence-corrected chi connectivity index (χ4v) is 2.38. The van der Waals surface area contributed by atoms with E-state index in [9.17, 15) is 4.79 Å². The number of halogens is 1. The average Bonchev–Trinajstić information content (AvgIpc) is 2.51. The molecule has 0 spiro atoms. The second-order valence-corrected chi connectivity index (χ2v) is 5.96. The van der Waals surface area contributed by atoms with Crippen molar-refractivity contribution in [2.24, 2.45) is 0 Å². The van der Waals surface area contributed by atoms with Crippen LogP contribution in [0, 0.1) is 6.92 Å². The number of anilines is 1. The van der Waals surface area contributed by atoms with E-state index in [1.54, 1.807) is 0 Å². The zero-order valence-corrected chi connectivity index (χ0v) is 14.8. The predicted octanol–water partition coefficient (Wildman–Crippen LogP) is 3.63. The molecular formula is C19H25ClN2O. The number of carbonyl (C=O) groups is 1. The van der Waals surface area contributed by atoms with Crippen molar-refractivity contribution < 1.29 is 4.79 Å². The van der Waals surface area contributed by atoms with Crippen molar-refractivity contribution in [3.05, 3.63) is 65.2 Å². The normalized spacial score (nSPS) is 11.4. The topological polar surface area (TPSA) is 46.3 Å². The molecule has 2 N–H and O–H groups in total. The molecule has 1 amide bonds. The van der Waals surface area contributed by atoms with Crippen molar-refractivity contribution in [3.8, 4) is 0 Å². The van der Waals surface area contributed by atoms with Crippen molar-refractivity contribution in [1.29, 1.82) is 0 Å². The number of carbonyl (C=O) groups excluding carboxylic acids is 1. The van der Waals surface area contributed by atoms with Crippen LogP contribution in [0.5, 0.6) is 0 Å². The summed E-state index contributed by atoms with van der Waals surface area (Å²) in [7, 11) is 1.87. The van der Waals surface area contributed by atoms with Gasteiger partial charge in [0.25, 0.3) is 0 Å². The van der Waals surface area contributed by atoms with E-state index in [0.29, 0.717) is 6.42 Å². The van der Waals surface area contributed by atoms with Gasteiger partial charge in [-0.15, -0.1) is 12.4 Å². The maximum Gasteiger partial charge on any atom is 0.226 e. The van der Waals surface area contributed by atoms with Crippen LogP contribution in [0.4, 0.5) is 5.69 Å². The lowest BCUT2D eigenvalue weighted by Gasteiger charge is -2.25. The van der Waals surface area contributed by atoms with Crippen LogP contribution in [0.2, 0.25) is 0 Å². The van der Waals surface area contributed by atoms with E-state index in [0.717, 1.165) is 17.7 Å². The summed E-state index contributed by atoms with van der Waals surface area (Å²) < 4.78 is 0. The van der Waals surface area contributed by atoms with Crippen LogP contribution >= 0.6 is 12.4 Å². The highest BCUT2D eigenvalue weighted by Gasteiger charge is 2.16. The molecule has 124 valence electrons. The molecule has 0 aliphatic rings. The average molecular weight is 333 g/mol. The smallest absolute Gasteiger partial charge is 0.226 e. The first-order chi connectivity index (χ1) is 10.5. The van der Waals surface area contributed by atoms with Crippen LogP contribution in [0.3, 0.4) is 0 Å². The third kappa shape index (κ3) is 5.61. The van der Waals surface area contributed by atoms with Crippen LogP contribution in [0.15, 0.2) is 48.5 Å². The molecule has 0 aliphatic heterocycles. The molecule has 3 nitrogen and oxygen atoms in total. The zero-order valence-electron chi connectivity index (χ0n) is 14.0. The van der Waals surface area contributed by atoms with Crippen molar-refractivity contribution >= 4 is 24.0 Å². The Balaban J connectivity index is 0.00000264. The van der Waals surface area contributed by atoms with Crippen LogP contribution < -0.4 is 5.73 Å². The van der Waals surface area contributed by atoms with Gasteiger partial charge in [-0.1, -0.05) is 42.0 Å². The molecule has 0 aromatic heterocycles. The van der Waals surface area contributed by atoms with Crippen LogP contribution in [0.1, 0.15) is 23.6 Å². The standard InChI is InChI=1S/C19H24N2O.ClH/c1-14-4-6-16(7-5-14)12-15(2)21(3)19(22)13-17-8-10-18(20)11-9-17;/h4-11,15H,12-13,20H2,1-3H3;1H. The number of nitrogen functional groups attached to an aromatic ring is 1. The lowest BCUT2D eigenvalue weighted by atomic mass is 10.0. The van der Waals surface area contributed by atoms with Crippen molar-refractivity contribution in [1.82, 2.24) is 4.90 Å². The summed E-state index contributed by atoms with van der Waals surface area (Å²) >= 11 is 0. The second-order valence-electron chi connectivity index (χ2n) is 5.96. The van der Waals surface area contributed by atoms with Gasteiger partial charge in [0.1, 0.15) is 0 Å². The molecule has 1 atom stereocenters. The minimum absolute atomic E-state index is 0. The second kappa shape index (κ2) is 8.59. The molecular weight excluding hydrogens is 308 g/mol. The van der Waals surface area contributed by atoms with Gasteiger partial charge in [-0.2, -0.15) is 0 Å². The molecule has 0 heterocycles. The van der Waals surface area contributed by atoms with Crippen molar-refractivity contribution in [2.45, 2.75) is 32.7 Å². The lowest BCUT2D eigenvalue weighted by molar-refractivity contribution is -0.130. The molecule has 0 saturated heterocycles. The quantitative estimate of drug-likeness (QED) is 0.850. The Bertz CT molecular complexity index is 623. The fraction of sp³-hybridized carbons (Fsp3) is 0.316. The van der Waals surface area contributed by atoms with E-state index >= 15 is 0 Å². The van der Waals surface area contributed by atoms with Gasteiger partial charge in [-0.05, 0) is 43.5 Å². The fourth-order valence-electron chi connectivity index (χ4n) is 2.38. The Morgan fingerprint density at radius 3 is 2.13 bits per heavy atom. The summed E-state index contributed by atoms with van der Waals surface area (Å²) in [5, 5.41) is 0. The minimum atomic E-state index is 0. The Labute approximate surface area is 144 Å². The zero-order chi connectivity index (χ0) is 16.1. The maximum atomic E-state index is 12.4. The molecule has 0 radical (unpaired) electrons. The van der Waals surface area contributed by atoms with Gasteiger partial charge in [0.15, 0.2) is 0 Å². The maximum absolute atomic E-state index is 12.4. The van der Waals surface area contributed by atoms with E-state index in [1.807, 2.05) is 36.2 Å². The van der Waals surface area contributed by atoms with Gasteiger partial charge in [-0.25, -0.2) is 0 Å².